The van der Waals surface area contributed by atoms with Crippen LogP contribution in [-0.2, 0) is 20.9 Å². The number of hydrogen-bond donors (Lipinski definition) is 1. The number of dihydropyridines is 1. The molecule has 1 aliphatic heterocycles. The predicted molar refractivity (Wildman–Crippen MR) is 115 cm³/mol. The van der Waals surface area contributed by atoms with Crippen LogP contribution in [0, 0.1) is 0 Å². The molecule has 4 nitrogen and oxygen atoms in total. The van der Waals surface area contributed by atoms with Crippen molar-refractivity contribution in [3.05, 3.63) is 92.7 Å². The molecular weight excluding hydrogens is 430 g/mol. The number of carbonyl (C=O) groups excluding carboxylic acids is 2. The number of allylic oxidation sites excluding steroid dienone is 3. The van der Waals surface area contributed by atoms with Crippen LogP contribution in [0.5, 0.6) is 0 Å². The van der Waals surface area contributed by atoms with Gasteiger partial charge in [-0.05, 0) is 43.0 Å². The molecule has 2 aromatic carbocycles. The van der Waals surface area contributed by atoms with Crippen LogP contribution in [0.1, 0.15) is 43.2 Å². The molecule has 5 heteroatoms. The normalized spacial score (nSPS) is 19.0. The molecule has 0 bridgehead atoms. The van der Waals surface area contributed by atoms with E-state index in [1.807, 2.05) is 61.5 Å². The van der Waals surface area contributed by atoms with Gasteiger partial charge in [0.1, 0.15) is 6.61 Å². The van der Waals surface area contributed by atoms with Gasteiger partial charge in [-0.2, -0.15) is 0 Å². The standard InChI is InChI=1S/C24H22BrNO3/c1-15-21(24(28)29-14-16-7-3-2-4-8-16)22(17-9-5-10-18(25)13-17)23-19(26-15)11-6-12-20(23)27/h2-5,7-10,13,22,26H,6,11-12,14H2,1H3. The van der Waals surface area contributed by atoms with Crippen molar-refractivity contribution in [2.45, 2.75) is 38.7 Å². The Morgan fingerprint density at radius 2 is 1.93 bits per heavy atom. The second-order valence-electron chi connectivity index (χ2n) is 7.38. The molecule has 0 spiro atoms. The maximum Gasteiger partial charge on any atom is 0.337 e. The van der Waals surface area contributed by atoms with Crippen molar-refractivity contribution in [1.29, 1.82) is 0 Å². The lowest BCUT2D eigenvalue weighted by Gasteiger charge is -2.34. The van der Waals surface area contributed by atoms with Gasteiger partial charge in [-0.15, -0.1) is 0 Å². The maximum atomic E-state index is 13.2. The van der Waals surface area contributed by atoms with Gasteiger partial charge in [0.25, 0.3) is 0 Å². The Labute approximate surface area is 178 Å². The summed E-state index contributed by atoms with van der Waals surface area (Å²) in [7, 11) is 0. The SMILES string of the molecule is CC1=C(C(=O)OCc2ccccc2)C(c2cccc(Br)c2)C2=C(CCCC2=O)N1. The highest BCUT2D eigenvalue weighted by atomic mass is 79.9. The van der Waals surface area contributed by atoms with Gasteiger partial charge >= 0.3 is 5.97 Å². The average molecular weight is 452 g/mol. The maximum absolute atomic E-state index is 13.2. The van der Waals surface area contributed by atoms with Gasteiger partial charge in [-0.3, -0.25) is 4.79 Å². The number of halogens is 1. The molecule has 1 aliphatic carbocycles. The van der Waals surface area contributed by atoms with E-state index in [4.69, 9.17) is 4.74 Å². The fourth-order valence-electron chi connectivity index (χ4n) is 4.07. The molecule has 2 aliphatic rings. The van der Waals surface area contributed by atoms with Crippen LogP contribution >= 0.6 is 15.9 Å². The molecule has 1 heterocycles. The molecule has 2 aromatic rings. The summed E-state index contributed by atoms with van der Waals surface area (Å²) in [4.78, 5) is 26.0. The Bertz CT molecular complexity index is 1020. The van der Waals surface area contributed by atoms with Gasteiger partial charge in [-0.25, -0.2) is 4.79 Å². The summed E-state index contributed by atoms with van der Waals surface area (Å²) in [6.07, 6.45) is 2.16. The number of ketones is 1. The number of Topliss-reactive ketones (excluding diaryl/α,β-unsaturated/α-hetero) is 1. The minimum atomic E-state index is -0.417. The summed E-state index contributed by atoms with van der Waals surface area (Å²) in [5.74, 6) is -0.710. The third kappa shape index (κ3) is 4.06. The van der Waals surface area contributed by atoms with E-state index in [1.54, 1.807) is 0 Å². The zero-order valence-corrected chi connectivity index (χ0v) is 17.8. The first-order valence-electron chi connectivity index (χ1n) is 9.75. The molecule has 0 radical (unpaired) electrons. The summed E-state index contributed by atoms with van der Waals surface area (Å²) in [6, 6.07) is 17.4. The second kappa shape index (κ2) is 8.37. The first-order chi connectivity index (χ1) is 14.0. The molecule has 0 saturated heterocycles. The van der Waals surface area contributed by atoms with Crippen LogP contribution in [0.15, 0.2) is 81.6 Å². The number of carbonyl (C=O) groups is 2. The summed E-state index contributed by atoms with van der Waals surface area (Å²) < 4.78 is 6.56. The smallest absolute Gasteiger partial charge is 0.337 e. The first-order valence-corrected chi connectivity index (χ1v) is 10.5. The van der Waals surface area contributed by atoms with E-state index in [9.17, 15) is 9.59 Å². The number of ether oxygens (including phenoxy) is 1. The monoisotopic (exact) mass is 451 g/mol. The molecule has 0 saturated carbocycles. The lowest BCUT2D eigenvalue weighted by atomic mass is 9.75. The molecule has 0 amide bonds. The third-order valence-electron chi connectivity index (χ3n) is 5.39. The third-order valence-corrected chi connectivity index (χ3v) is 5.88. The largest absolute Gasteiger partial charge is 0.457 e. The van der Waals surface area contributed by atoms with Gasteiger partial charge in [-0.1, -0.05) is 58.4 Å². The molecule has 0 aromatic heterocycles. The van der Waals surface area contributed by atoms with Crippen molar-refractivity contribution in [3.8, 4) is 0 Å². The summed E-state index contributed by atoms with van der Waals surface area (Å²) in [5.41, 5.74) is 4.73. The minimum absolute atomic E-state index is 0.101. The molecule has 29 heavy (non-hydrogen) atoms. The quantitative estimate of drug-likeness (QED) is 0.652. The average Bonchev–Trinajstić information content (AvgIpc) is 2.72. The fourth-order valence-corrected chi connectivity index (χ4v) is 4.49. The van der Waals surface area contributed by atoms with Crippen LogP contribution in [0.2, 0.25) is 0 Å². The Kier molecular flexibility index (Phi) is 5.67. The molecular formula is C24H22BrNO3. The van der Waals surface area contributed by atoms with E-state index in [-0.39, 0.29) is 12.4 Å². The van der Waals surface area contributed by atoms with Crippen molar-refractivity contribution in [1.82, 2.24) is 5.32 Å². The Morgan fingerprint density at radius 1 is 1.14 bits per heavy atom. The summed E-state index contributed by atoms with van der Waals surface area (Å²) in [6.45, 7) is 2.08. The Hall–Kier alpha value is -2.66. The number of hydrogen-bond acceptors (Lipinski definition) is 4. The molecule has 1 N–H and O–H groups in total. The van der Waals surface area contributed by atoms with Crippen molar-refractivity contribution in [3.63, 3.8) is 0 Å². The van der Waals surface area contributed by atoms with Crippen molar-refractivity contribution in [2.75, 3.05) is 0 Å². The zero-order chi connectivity index (χ0) is 20.4. The highest BCUT2D eigenvalue weighted by Gasteiger charge is 2.39. The first kappa shape index (κ1) is 19.6. The minimum Gasteiger partial charge on any atom is -0.457 e. The van der Waals surface area contributed by atoms with E-state index in [2.05, 4.69) is 21.2 Å². The highest BCUT2D eigenvalue weighted by molar-refractivity contribution is 9.10. The van der Waals surface area contributed by atoms with E-state index in [1.165, 1.54) is 0 Å². The molecule has 0 fully saturated rings. The van der Waals surface area contributed by atoms with Crippen LogP contribution in [0.4, 0.5) is 0 Å². The van der Waals surface area contributed by atoms with Crippen molar-refractivity contribution >= 4 is 27.7 Å². The number of benzene rings is 2. The van der Waals surface area contributed by atoms with E-state index in [0.717, 1.165) is 39.8 Å². The van der Waals surface area contributed by atoms with Crippen LogP contribution in [0.3, 0.4) is 0 Å². The van der Waals surface area contributed by atoms with Gasteiger partial charge in [0.05, 0.1) is 5.57 Å². The van der Waals surface area contributed by atoms with E-state index < -0.39 is 11.9 Å². The van der Waals surface area contributed by atoms with E-state index in [0.29, 0.717) is 17.6 Å². The van der Waals surface area contributed by atoms with Crippen molar-refractivity contribution < 1.29 is 14.3 Å². The lowest BCUT2D eigenvalue weighted by Crippen LogP contribution is -2.34. The number of esters is 1. The molecule has 148 valence electrons. The van der Waals surface area contributed by atoms with Gasteiger partial charge in [0.15, 0.2) is 5.78 Å². The molecule has 1 unspecified atom stereocenters. The second-order valence-corrected chi connectivity index (χ2v) is 8.30. The summed E-state index contributed by atoms with van der Waals surface area (Å²) in [5, 5.41) is 3.32. The fraction of sp³-hybridized carbons (Fsp3) is 0.250. The van der Waals surface area contributed by atoms with Gasteiger partial charge in [0.2, 0.25) is 0 Å². The topological polar surface area (TPSA) is 55.4 Å². The molecule has 4 rings (SSSR count). The highest BCUT2D eigenvalue weighted by Crippen LogP contribution is 2.43. The van der Waals surface area contributed by atoms with E-state index >= 15 is 0 Å². The van der Waals surface area contributed by atoms with Crippen LogP contribution in [0.25, 0.3) is 0 Å². The number of rotatable bonds is 4. The Morgan fingerprint density at radius 3 is 2.69 bits per heavy atom. The lowest BCUT2D eigenvalue weighted by molar-refractivity contribution is -0.140. The van der Waals surface area contributed by atoms with Crippen LogP contribution in [-0.4, -0.2) is 11.8 Å². The van der Waals surface area contributed by atoms with Crippen LogP contribution < -0.4 is 5.32 Å². The molecule has 1 atom stereocenters. The number of nitrogens with one attached hydrogen (secondary N) is 1. The van der Waals surface area contributed by atoms with Gasteiger partial charge < -0.3 is 10.1 Å². The Balaban J connectivity index is 1.72. The van der Waals surface area contributed by atoms with Crippen molar-refractivity contribution in [2.24, 2.45) is 0 Å². The van der Waals surface area contributed by atoms with Gasteiger partial charge in [0, 0.05) is 33.8 Å². The summed E-state index contributed by atoms with van der Waals surface area (Å²) >= 11 is 3.52. The zero-order valence-electron chi connectivity index (χ0n) is 16.2. The predicted octanol–water partition coefficient (Wildman–Crippen LogP) is 5.16.